The zero-order chi connectivity index (χ0) is 23.5. The number of rotatable bonds is 5. The molecule has 0 unspecified atom stereocenters. The molecule has 170 valence electrons. The minimum absolute atomic E-state index is 0.00965. The first-order valence-electron chi connectivity index (χ1n) is 10.1. The van der Waals surface area contributed by atoms with Gasteiger partial charge in [0.2, 0.25) is 0 Å². The van der Waals surface area contributed by atoms with E-state index in [1.807, 2.05) is 11.9 Å². The minimum atomic E-state index is -4.59. The number of hydrogen-bond donors (Lipinski definition) is 2. The first kappa shape index (κ1) is 23.6. The number of halogens is 3. The van der Waals surface area contributed by atoms with Crippen LogP contribution in [0.4, 0.5) is 29.3 Å². The Hall–Kier alpha value is -3.06. The van der Waals surface area contributed by atoms with Gasteiger partial charge in [0.05, 0.1) is 16.9 Å². The van der Waals surface area contributed by atoms with E-state index in [-0.39, 0.29) is 30.0 Å². The molecule has 0 bridgehead atoms. The lowest BCUT2D eigenvalue weighted by Crippen LogP contribution is -2.44. The number of nitrogens with zero attached hydrogens (tertiary/aromatic N) is 3. The van der Waals surface area contributed by atoms with Crippen LogP contribution in [0.3, 0.4) is 0 Å². The standard InChI is InChI=1S/C23H26F3N5O/c1-3-16-12-19(6-4-17(16)14-27)31(22(28)32)20-7-5-18(21(13-20)23(24,25)26)15-30-10-8-29(2)9-11-30/h1,4-7,12-13H,8-11,14-15,27H2,2H3,(H2,28,32). The average Bonchev–Trinajstić information content (AvgIpc) is 2.75. The lowest BCUT2D eigenvalue weighted by molar-refractivity contribution is -0.138. The van der Waals surface area contributed by atoms with Gasteiger partial charge < -0.3 is 16.4 Å². The molecule has 0 radical (unpaired) electrons. The number of anilines is 2. The molecule has 0 spiro atoms. The molecule has 0 atom stereocenters. The van der Waals surface area contributed by atoms with Gasteiger partial charge in [-0.3, -0.25) is 9.80 Å². The molecule has 4 N–H and O–H groups in total. The number of nitrogens with two attached hydrogens (primary N) is 2. The maximum Gasteiger partial charge on any atom is 0.416 e. The fourth-order valence-corrected chi connectivity index (χ4v) is 3.77. The third-order valence-corrected chi connectivity index (χ3v) is 5.59. The van der Waals surface area contributed by atoms with E-state index in [0.29, 0.717) is 24.2 Å². The normalized spacial score (nSPS) is 15.4. The van der Waals surface area contributed by atoms with Crippen LogP contribution in [0.5, 0.6) is 0 Å². The van der Waals surface area contributed by atoms with Crippen molar-refractivity contribution >= 4 is 17.4 Å². The summed E-state index contributed by atoms with van der Waals surface area (Å²) in [5.41, 5.74) is 12.0. The fourth-order valence-electron chi connectivity index (χ4n) is 3.77. The second-order valence-electron chi connectivity index (χ2n) is 7.78. The Bertz CT molecular complexity index is 1020. The van der Waals surface area contributed by atoms with Crippen molar-refractivity contribution in [3.63, 3.8) is 0 Å². The number of amides is 2. The van der Waals surface area contributed by atoms with Crippen LogP contribution in [0, 0.1) is 12.3 Å². The maximum absolute atomic E-state index is 13.9. The molecule has 1 heterocycles. The molecule has 2 aromatic rings. The summed E-state index contributed by atoms with van der Waals surface area (Å²) in [6.07, 6.45) is 0.923. The van der Waals surface area contributed by atoms with E-state index in [2.05, 4.69) is 10.8 Å². The van der Waals surface area contributed by atoms with Crippen molar-refractivity contribution in [2.75, 3.05) is 38.1 Å². The van der Waals surface area contributed by atoms with Crippen LogP contribution in [0.1, 0.15) is 22.3 Å². The summed E-state index contributed by atoms with van der Waals surface area (Å²) in [6.45, 7) is 3.33. The highest BCUT2D eigenvalue weighted by Crippen LogP contribution is 2.37. The van der Waals surface area contributed by atoms with Crippen molar-refractivity contribution in [1.29, 1.82) is 0 Å². The largest absolute Gasteiger partial charge is 0.416 e. The molecule has 32 heavy (non-hydrogen) atoms. The Kier molecular flexibility index (Phi) is 7.09. The molecule has 1 aliphatic rings. The number of benzene rings is 2. The van der Waals surface area contributed by atoms with E-state index >= 15 is 0 Å². The summed E-state index contributed by atoms with van der Waals surface area (Å²) in [5, 5.41) is 0. The van der Waals surface area contributed by atoms with Crippen LogP contribution in [0.2, 0.25) is 0 Å². The van der Waals surface area contributed by atoms with Crippen LogP contribution >= 0.6 is 0 Å². The van der Waals surface area contributed by atoms with Gasteiger partial charge in [-0.05, 0) is 42.4 Å². The average molecular weight is 445 g/mol. The van der Waals surface area contributed by atoms with E-state index in [1.54, 1.807) is 12.1 Å². The summed E-state index contributed by atoms with van der Waals surface area (Å²) < 4.78 is 41.8. The fraction of sp³-hybridized carbons (Fsp3) is 0.348. The van der Waals surface area contributed by atoms with Gasteiger partial charge in [-0.15, -0.1) is 6.42 Å². The Morgan fingerprint density at radius 3 is 2.22 bits per heavy atom. The second-order valence-corrected chi connectivity index (χ2v) is 7.78. The van der Waals surface area contributed by atoms with E-state index in [0.717, 1.165) is 24.1 Å². The molecule has 0 saturated carbocycles. The number of carbonyl (C=O) groups is 1. The zero-order valence-electron chi connectivity index (χ0n) is 17.8. The van der Waals surface area contributed by atoms with Crippen molar-refractivity contribution in [2.24, 2.45) is 11.5 Å². The smallest absolute Gasteiger partial charge is 0.351 e. The van der Waals surface area contributed by atoms with Crippen LogP contribution in [-0.4, -0.2) is 49.1 Å². The number of carbonyl (C=O) groups excluding carboxylic acids is 1. The third-order valence-electron chi connectivity index (χ3n) is 5.59. The quantitative estimate of drug-likeness (QED) is 0.694. The lowest BCUT2D eigenvalue weighted by atomic mass is 10.0. The summed E-state index contributed by atoms with van der Waals surface area (Å²) in [7, 11) is 1.98. The Morgan fingerprint density at radius 2 is 1.69 bits per heavy atom. The lowest BCUT2D eigenvalue weighted by Gasteiger charge is -2.33. The number of alkyl halides is 3. The van der Waals surface area contributed by atoms with Crippen molar-refractivity contribution in [3.8, 4) is 12.3 Å². The topological polar surface area (TPSA) is 78.8 Å². The molecule has 6 nitrogen and oxygen atoms in total. The number of terminal acetylenes is 1. The van der Waals surface area contributed by atoms with Gasteiger partial charge in [0, 0.05) is 44.8 Å². The molecule has 1 aliphatic heterocycles. The molecule has 0 aromatic heterocycles. The second kappa shape index (κ2) is 9.61. The van der Waals surface area contributed by atoms with Gasteiger partial charge in [-0.25, -0.2) is 4.79 Å². The van der Waals surface area contributed by atoms with Gasteiger partial charge in [-0.2, -0.15) is 13.2 Å². The highest BCUT2D eigenvalue weighted by molar-refractivity contribution is 5.98. The van der Waals surface area contributed by atoms with Crippen LogP contribution in [0.15, 0.2) is 36.4 Å². The Morgan fingerprint density at radius 1 is 1.09 bits per heavy atom. The van der Waals surface area contributed by atoms with Crippen molar-refractivity contribution in [2.45, 2.75) is 19.3 Å². The number of hydrogen-bond acceptors (Lipinski definition) is 4. The Balaban J connectivity index is 2.00. The van der Waals surface area contributed by atoms with E-state index in [4.69, 9.17) is 17.9 Å². The number of primary amides is 1. The van der Waals surface area contributed by atoms with Crippen LogP contribution < -0.4 is 16.4 Å². The van der Waals surface area contributed by atoms with Gasteiger partial charge in [-0.1, -0.05) is 18.1 Å². The number of piperazine rings is 1. The zero-order valence-corrected chi connectivity index (χ0v) is 17.8. The highest BCUT2D eigenvalue weighted by atomic mass is 19.4. The molecular formula is C23H26F3N5O. The van der Waals surface area contributed by atoms with Crippen LogP contribution in [-0.2, 0) is 19.3 Å². The van der Waals surface area contributed by atoms with Crippen molar-refractivity contribution < 1.29 is 18.0 Å². The molecular weight excluding hydrogens is 419 g/mol. The highest BCUT2D eigenvalue weighted by Gasteiger charge is 2.35. The first-order chi connectivity index (χ1) is 15.1. The number of likely N-dealkylation sites (N-methyl/N-ethyl adjacent to an activating group) is 1. The van der Waals surface area contributed by atoms with E-state index < -0.39 is 17.8 Å². The molecule has 2 amide bonds. The van der Waals surface area contributed by atoms with E-state index in [1.165, 1.54) is 18.2 Å². The Labute approximate surface area is 185 Å². The van der Waals surface area contributed by atoms with Crippen molar-refractivity contribution in [3.05, 3.63) is 58.7 Å². The summed E-state index contributed by atoms with van der Waals surface area (Å²) in [5.74, 6) is 2.48. The summed E-state index contributed by atoms with van der Waals surface area (Å²) in [4.78, 5) is 17.4. The van der Waals surface area contributed by atoms with Gasteiger partial charge in [0.25, 0.3) is 0 Å². The molecule has 1 fully saturated rings. The molecule has 0 aliphatic carbocycles. The summed E-state index contributed by atoms with van der Waals surface area (Å²) in [6, 6.07) is 7.61. The van der Waals surface area contributed by atoms with Gasteiger partial charge in [0.1, 0.15) is 0 Å². The van der Waals surface area contributed by atoms with Crippen LogP contribution in [0.25, 0.3) is 0 Å². The third kappa shape index (κ3) is 5.22. The number of urea groups is 1. The first-order valence-corrected chi connectivity index (χ1v) is 10.1. The monoisotopic (exact) mass is 445 g/mol. The predicted molar refractivity (Wildman–Crippen MR) is 118 cm³/mol. The summed E-state index contributed by atoms with van der Waals surface area (Å²) >= 11 is 0. The van der Waals surface area contributed by atoms with Gasteiger partial charge >= 0.3 is 12.2 Å². The van der Waals surface area contributed by atoms with Crippen molar-refractivity contribution in [1.82, 2.24) is 9.80 Å². The molecule has 2 aromatic carbocycles. The molecule has 3 rings (SSSR count). The SMILES string of the molecule is C#Cc1cc(N(C(N)=O)c2ccc(CN3CCN(C)CC3)c(C(F)(F)F)c2)ccc1CN. The minimum Gasteiger partial charge on any atom is -0.351 e. The van der Waals surface area contributed by atoms with Gasteiger partial charge in [0.15, 0.2) is 0 Å². The maximum atomic E-state index is 13.9. The predicted octanol–water partition coefficient (Wildman–Crippen LogP) is 3.11. The molecule has 1 saturated heterocycles. The van der Waals surface area contributed by atoms with E-state index in [9.17, 15) is 18.0 Å². The molecule has 9 heteroatoms.